The molecule has 0 aliphatic heterocycles. The summed E-state index contributed by atoms with van der Waals surface area (Å²) in [5.74, 6) is 1.02. The van der Waals surface area contributed by atoms with E-state index in [4.69, 9.17) is 0 Å². The van der Waals surface area contributed by atoms with Gasteiger partial charge in [0.2, 0.25) is 5.91 Å². The molecule has 1 fully saturated rings. The zero-order valence-corrected chi connectivity index (χ0v) is 11.1. The molecule has 0 bridgehead atoms. The van der Waals surface area contributed by atoms with Crippen LogP contribution in [0.3, 0.4) is 0 Å². The summed E-state index contributed by atoms with van der Waals surface area (Å²) in [4.78, 5) is 11.5. The van der Waals surface area contributed by atoms with Crippen molar-refractivity contribution in [1.82, 2.24) is 5.32 Å². The van der Waals surface area contributed by atoms with Crippen LogP contribution in [-0.2, 0) is 4.79 Å². The predicted molar refractivity (Wildman–Crippen MR) is 69.7 cm³/mol. The second kappa shape index (κ2) is 8.51. The minimum atomic E-state index is -0.270. The molecule has 3 nitrogen and oxygen atoms in total. The van der Waals surface area contributed by atoms with Crippen molar-refractivity contribution >= 4 is 5.91 Å². The van der Waals surface area contributed by atoms with Gasteiger partial charge < -0.3 is 10.4 Å². The molecule has 0 aromatic heterocycles. The number of rotatable bonds is 8. The van der Waals surface area contributed by atoms with Crippen molar-refractivity contribution in [3.8, 4) is 0 Å². The molecule has 1 rings (SSSR count). The summed E-state index contributed by atoms with van der Waals surface area (Å²) in [6, 6.07) is 0. The molecule has 0 aromatic rings. The molecule has 1 aliphatic rings. The second-order valence-corrected chi connectivity index (χ2v) is 5.24. The zero-order chi connectivity index (χ0) is 12.5. The molecule has 1 aliphatic carbocycles. The molecular weight excluding hydrogens is 214 g/mol. The van der Waals surface area contributed by atoms with Gasteiger partial charge in [-0.1, -0.05) is 32.6 Å². The predicted octanol–water partition coefficient (Wildman–Crippen LogP) is 2.62. The van der Waals surface area contributed by atoms with E-state index >= 15 is 0 Å². The molecule has 100 valence electrons. The van der Waals surface area contributed by atoms with Crippen LogP contribution in [0.5, 0.6) is 0 Å². The Bertz CT molecular complexity index is 212. The number of carbonyl (C=O) groups is 1. The zero-order valence-electron chi connectivity index (χ0n) is 11.1. The summed E-state index contributed by atoms with van der Waals surface area (Å²) in [5, 5.41) is 12.2. The number of nitrogens with one attached hydrogen (secondary N) is 1. The van der Waals surface area contributed by atoms with Gasteiger partial charge in [0.1, 0.15) is 0 Å². The van der Waals surface area contributed by atoms with Gasteiger partial charge in [0, 0.05) is 13.0 Å². The lowest BCUT2D eigenvalue weighted by Gasteiger charge is -2.10. The van der Waals surface area contributed by atoms with Crippen LogP contribution in [0.1, 0.15) is 64.7 Å². The van der Waals surface area contributed by atoms with E-state index in [1.165, 1.54) is 32.1 Å². The average molecular weight is 241 g/mol. The molecule has 0 saturated heterocycles. The van der Waals surface area contributed by atoms with Crippen molar-refractivity contribution in [1.29, 1.82) is 0 Å². The number of aliphatic hydroxyl groups excluding tert-OH is 1. The molecule has 1 saturated carbocycles. The maximum atomic E-state index is 11.5. The molecule has 1 atom stereocenters. The topological polar surface area (TPSA) is 49.3 Å². The minimum absolute atomic E-state index is 0.145. The highest BCUT2D eigenvalue weighted by Gasteiger charge is 2.14. The van der Waals surface area contributed by atoms with Gasteiger partial charge in [-0.05, 0) is 31.6 Å². The first-order valence-electron chi connectivity index (χ1n) is 7.17. The second-order valence-electron chi connectivity index (χ2n) is 5.24. The lowest BCUT2D eigenvalue weighted by Crippen LogP contribution is -2.26. The third-order valence-corrected chi connectivity index (χ3v) is 3.76. The van der Waals surface area contributed by atoms with Crippen LogP contribution < -0.4 is 5.32 Å². The largest absolute Gasteiger partial charge is 0.393 e. The first-order valence-corrected chi connectivity index (χ1v) is 7.17. The number of hydrogen-bond acceptors (Lipinski definition) is 2. The number of carbonyl (C=O) groups excluding carboxylic acids is 1. The maximum Gasteiger partial charge on any atom is 0.219 e. The Morgan fingerprint density at radius 2 is 2.12 bits per heavy atom. The van der Waals surface area contributed by atoms with E-state index in [9.17, 15) is 9.90 Å². The monoisotopic (exact) mass is 241 g/mol. The van der Waals surface area contributed by atoms with Gasteiger partial charge in [-0.15, -0.1) is 0 Å². The first kappa shape index (κ1) is 14.5. The highest BCUT2D eigenvalue weighted by atomic mass is 16.3. The number of aliphatic hydroxyl groups is 1. The number of amides is 1. The summed E-state index contributed by atoms with van der Waals surface area (Å²) in [7, 11) is 0. The highest BCUT2D eigenvalue weighted by Crippen LogP contribution is 2.28. The molecule has 1 amide bonds. The standard InChI is InChI=1S/C14H27NO2/c1-2-13(16)10-11-15-14(17)9-5-8-12-6-3-4-7-12/h12-13,16H,2-11H2,1H3,(H,15,17). The Hall–Kier alpha value is -0.570. The Morgan fingerprint density at radius 1 is 1.41 bits per heavy atom. The van der Waals surface area contributed by atoms with Gasteiger partial charge in [-0.3, -0.25) is 4.79 Å². The van der Waals surface area contributed by atoms with Crippen molar-refractivity contribution in [3.63, 3.8) is 0 Å². The SMILES string of the molecule is CCC(O)CCNC(=O)CCCC1CCCC1. The van der Waals surface area contributed by atoms with Gasteiger partial charge in [-0.2, -0.15) is 0 Å². The van der Waals surface area contributed by atoms with Crippen molar-refractivity contribution in [2.75, 3.05) is 6.54 Å². The molecule has 2 N–H and O–H groups in total. The van der Waals surface area contributed by atoms with Crippen molar-refractivity contribution in [3.05, 3.63) is 0 Å². The molecule has 3 heteroatoms. The van der Waals surface area contributed by atoms with Crippen molar-refractivity contribution in [2.24, 2.45) is 5.92 Å². The Kier molecular flexibility index (Phi) is 7.25. The van der Waals surface area contributed by atoms with Gasteiger partial charge in [0.05, 0.1) is 6.10 Å². The van der Waals surface area contributed by atoms with Crippen molar-refractivity contribution in [2.45, 2.75) is 70.8 Å². The Morgan fingerprint density at radius 3 is 2.76 bits per heavy atom. The third kappa shape index (κ3) is 6.67. The quantitative estimate of drug-likeness (QED) is 0.686. The van der Waals surface area contributed by atoms with Crippen LogP contribution in [0.2, 0.25) is 0 Å². The van der Waals surface area contributed by atoms with E-state index in [0.717, 1.165) is 18.8 Å². The minimum Gasteiger partial charge on any atom is -0.393 e. The summed E-state index contributed by atoms with van der Waals surface area (Å²) in [5.41, 5.74) is 0. The van der Waals surface area contributed by atoms with Crippen molar-refractivity contribution < 1.29 is 9.90 Å². The molecule has 0 spiro atoms. The maximum absolute atomic E-state index is 11.5. The normalized spacial score (nSPS) is 18.2. The van der Waals surface area contributed by atoms with E-state index in [1.807, 2.05) is 6.92 Å². The third-order valence-electron chi connectivity index (χ3n) is 3.76. The molecule has 0 heterocycles. The molecule has 0 aromatic carbocycles. The average Bonchev–Trinajstić information content (AvgIpc) is 2.82. The van der Waals surface area contributed by atoms with E-state index in [-0.39, 0.29) is 12.0 Å². The van der Waals surface area contributed by atoms with Gasteiger partial charge in [0.15, 0.2) is 0 Å². The lowest BCUT2D eigenvalue weighted by molar-refractivity contribution is -0.121. The Labute approximate surface area is 105 Å². The van der Waals surface area contributed by atoms with Gasteiger partial charge in [-0.25, -0.2) is 0 Å². The molecule has 17 heavy (non-hydrogen) atoms. The molecule has 0 radical (unpaired) electrons. The summed E-state index contributed by atoms with van der Waals surface area (Å²) >= 11 is 0. The van der Waals surface area contributed by atoms with Gasteiger partial charge >= 0.3 is 0 Å². The highest BCUT2D eigenvalue weighted by molar-refractivity contribution is 5.75. The first-order chi connectivity index (χ1) is 8.22. The van der Waals surface area contributed by atoms with Crippen LogP contribution in [0, 0.1) is 5.92 Å². The molecular formula is C14H27NO2. The van der Waals surface area contributed by atoms with Crippen LogP contribution >= 0.6 is 0 Å². The van der Waals surface area contributed by atoms with Crippen LogP contribution in [0.25, 0.3) is 0 Å². The van der Waals surface area contributed by atoms with Gasteiger partial charge in [0.25, 0.3) is 0 Å². The summed E-state index contributed by atoms with van der Waals surface area (Å²) < 4.78 is 0. The van der Waals surface area contributed by atoms with Crippen LogP contribution in [0.4, 0.5) is 0 Å². The summed E-state index contributed by atoms with van der Waals surface area (Å²) in [6.07, 6.45) is 9.54. The Balaban J connectivity index is 1.93. The fourth-order valence-corrected chi connectivity index (χ4v) is 2.52. The fraction of sp³-hybridized carbons (Fsp3) is 0.929. The summed E-state index contributed by atoms with van der Waals surface area (Å²) in [6.45, 7) is 2.56. The van der Waals surface area contributed by atoms with Crippen LogP contribution in [-0.4, -0.2) is 23.7 Å². The van der Waals surface area contributed by atoms with E-state index in [2.05, 4.69) is 5.32 Å². The van der Waals surface area contributed by atoms with E-state index in [0.29, 0.717) is 19.4 Å². The smallest absolute Gasteiger partial charge is 0.219 e. The van der Waals surface area contributed by atoms with E-state index < -0.39 is 0 Å². The van der Waals surface area contributed by atoms with Crippen LogP contribution in [0.15, 0.2) is 0 Å². The lowest BCUT2D eigenvalue weighted by atomic mass is 10.0. The number of hydrogen-bond donors (Lipinski definition) is 2. The molecule has 1 unspecified atom stereocenters. The van der Waals surface area contributed by atoms with E-state index in [1.54, 1.807) is 0 Å². The fourth-order valence-electron chi connectivity index (χ4n) is 2.52.